The molecule has 0 saturated carbocycles. The summed E-state index contributed by atoms with van der Waals surface area (Å²) in [6.07, 6.45) is 1.85. The number of hydrogen-bond acceptors (Lipinski definition) is 2. The maximum atomic E-state index is 6.84. The van der Waals surface area contributed by atoms with Crippen molar-refractivity contribution in [2.45, 2.75) is 5.92 Å². The van der Waals surface area contributed by atoms with Crippen LogP contribution in [-0.2, 0) is 0 Å². The first-order chi connectivity index (χ1) is 25.3. The number of rotatable bonds is 4. The smallest absolute Gasteiger partial charge is 0.145 e. The van der Waals surface area contributed by atoms with Gasteiger partial charge in [-0.2, -0.15) is 0 Å². The third-order valence-electron chi connectivity index (χ3n) is 10.7. The highest BCUT2D eigenvalue weighted by molar-refractivity contribution is 6.24. The summed E-state index contributed by atoms with van der Waals surface area (Å²) in [4.78, 5) is 4.60. The van der Waals surface area contributed by atoms with Crippen molar-refractivity contribution in [3.8, 4) is 39.2 Å². The lowest BCUT2D eigenvalue weighted by Crippen LogP contribution is -1.98. The average Bonchev–Trinajstić information content (AvgIpc) is 3.85. The van der Waals surface area contributed by atoms with Crippen LogP contribution in [0.5, 0.6) is 0 Å². The van der Waals surface area contributed by atoms with Crippen molar-refractivity contribution in [2.75, 3.05) is 0 Å². The van der Waals surface area contributed by atoms with E-state index in [4.69, 9.17) is 4.42 Å². The Morgan fingerprint density at radius 3 is 2.02 bits per heavy atom. The van der Waals surface area contributed by atoms with Crippen molar-refractivity contribution in [1.29, 1.82) is 0 Å². The molecule has 0 bridgehead atoms. The van der Waals surface area contributed by atoms with E-state index < -0.39 is 0 Å². The second-order valence-corrected chi connectivity index (χ2v) is 13.5. The van der Waals surface area contributed by atoms with Gasteiger partial charge in [0, 0.05) is 39.5 Å². The Bertz CT molecular complexity index is 2920. The van der Waals surface area contributed by atoms with Crippen LogP contribution in [0, 0.1) is 0 Å². The lowest BCUT2D eigenvalue weighted by molar-refractivity contribution is 0.672. The Morgan fingerprint density at radius 1 is 0.490 bits per heavy atom. The molecule has 51 heavy (non-hydrogen) atoms. The molecule has 1 aliphatic rings. The van der Waals surface area contributed by atoms with E-state index >= 15 is 0 Å². The van der Waals surface area contributed by atoms with Gasteiger partial charge in [0.15, 0.2) is 0 Å². The number of hydrogen-bond donors (Lipinski definition) is 0. The minimum Gasteiger partial charge on any atom is -0.455 e. The molecule has 0 N–H and O–H groups in total. The number of fused-ring (bicyclic) bond motifs is 10. The third kappa shape index (κ3) is 4.22. The van der Waals surface area contributed by atoms with E-state index in [1.807, 2.05) is 18.3 Å². The predicted molar refractivity (Wildman–Crippen MR) is 210 cm³/mol. The van der Waals surface area contributed by atoms with E-state index in [1.165, 1.54) is 33.2 Å². The van der Waals surface area contributed by atoms with Crippen LogP contribution in [0.4, 0.5) is 0 Å². The van der Waals surface area contributed by atoms with E-state index in [0.717, 1.165) is 66.4 Å². The second kappa shape index (κ2) is 10.9. The molecule has 11 rings (SSSR count). The Kier molecular flexibility index (Phi) is 6.02. The molecule has 3 heterocycles. The number of aromatic nitrogens is 2. The molecule has 7 aromatic carbocycles. The normalized spacial score (nSPS) is 12.6. The van der Waals surface area contributed by atoms with E-state index in [0.29, 0.717) is 0 Å². The van der Waals surface area contributed by atoms with Gasteiger partial charge in [0.25, 0.3) is 0 Å². The lowest BCUT2D eigenvalue weighted by Gasteiger charge is -2.14. The van der Waals surface area contributed by atoms with Gasteiger partial charge in [0.1, 0.15) is 11.2 Å². The number of furan rings is 1. The molecule has 0 atom stereocenters. The van der Waals surface area contributed by atoms with E-state index in [9.17, 15) is 0 Å². The first-order valence-corrected chi connectivity index (χ1v) is 17.5. The summed E-state index contributed by atoms with van der Waals surface area (Å²) in [6.45, 7) is 0. The molecule has 3 heteroatoms. The molecular formula is C48H30N2O. The van der Waals surface area contributed by atoms with E-state index in [-0.39, 0.29) is 5.92 Å². The maximum absolute atomic E-state index is 6.84. The number of pyridine rings is 1. The molecule has 10 aromatic rings. The zero-order valence-electron chi connectivity index (χ0n) is 27.6. The number of benzene rings is 7. The zero-order chi connectivity index (χ0) is 33.5. The molecule has 0 amide bonds. The fourth-order valence-corrected chi connectivity index (χ4v) is 8.47. The maximum Gasteiger partial charge on any atom is 0.145 e. The average molecular weight is 651 g/mol. The molecule has 0 unspecified atom stereocenters. The van der Waals surface area contributed by atoms with Crippen molar-refractivity contribution in [3.63, 3.8) is 0 Å². The van der Waals surface area contributed by atoms with Gasteiger partial charge in [0.2, 0.25) is 0 Å². The van der Waals surface area contributed by atoms with Crippen LogP contribution in [0.1, 0.15) is 22.6 Å². The molecule has 0 radical (unpaired) electrons. The van der Waals surface area contributed by atoms with Crippen LogP contribution >= 0.6 is 0 Å². The molecule has 238 valence electrons. The summed E-state index contributed by atoms with van der Waals surface area (Å²) in [5.41, 5.74) is 16.3. The summed E-state index contributed by atoms with van der Waals surface area (Å²) in [5, 5.41) is 4.59. The van der Waals surface area contributed by atoms with Gasteiger partial charge in [-0.05, 0) is 99.6 Å². The van der Waals surface area contributed by atoms with Crippen molar-refractivity contribution in [1.82, 2.24) is 9.55 Å². The summed E-state index contributed by atoms with van der Waals surface area (Å²) >= 11 is 0. The Morgan fingerprint density at radius 2 is 1.22 bits per heavy atom. The van der Waals surface area contributed by atoms with Gasteiger partial charge in [0.05, 0.1) is 22.1 Å². The highest BCUT2D eigenvalue weighted by Crippen LogP contribution is 2.49. The van der Waals surface area contributed by atoms with Gasteiger partial charge in [-0.15, -0.1) is 0 Å². The van der Waals surface area contributed by atoms with Gasteiger partial charge >= 0.3 is 0 Å². The number of nitrogens with zero attached hydrogens (tertiary/aromatic N) is 2. The summed E-state index contributed by atoms with van der Waals surface area (Å²) in [6, 6.07) is 61.1. The SMILES string of the molecule is c1ccc(-n2c3cc(-c4cccc(-c5ccccn5)c4)ccc3c3c4oc5ccc(C6c7ccccc7-c7ccccc76)cc5c4ccc32)cc1. The van der Waals surface area contributed by atoms with Crippen LogP contribution in [0.25, 0.3) is 82.9 Å². The molecule has 3 nitrogen and oxygen atoms in total. The Labute approximate surface area is 294 Å². The molecule has 0 spiro atoms. The van der Waals surface area contributed by atoms with E-state index in [1.54, 1.807) is 0 Å². The minimum atomic E-state index is 0.185. The van der Waals surface area contributed by atoms with Crippen molar-refractivity contribution in [3.05, 3.63) is 193 Å². The fraction of sp³-hybridized carbons (Fsp3) is 0.0208. The van der Waals surface area contributed by atoms with Crippen LogP contribution in [-0.4, -0.2) is 9.55 Å². The van der Waals surface area contributed by atoms with Crippen LogP contribution in [0.3, 0.4) is 0 Å². The van der Waals surface area contributed by atoms with Crippen LogP contribution < -0.4 is 0 Å². The molecule has 3 aromatic heterocycles. The quantitative estimate of drug-likeness (QED) is 0.190. The summed E-state index contributed by atoms with van der Waals surface area (Å²) < 4.78 is 9.22. The van der Waals surface area contributed by atoms with Gasteiger partial charge < -0.3 is 8.98 Å². The Balaban J connectivity index is 1.13. The monoisotopic (exact) mass is 650 g/mol. The van der Waals surface area contributed by atoms with Gasteiger partial charge in [-0.25, -0.2) is 0 Å². The lowest BCUT2D eigenvalue weighted by atomic mass is 9.88. The largest absolute Gasteiger partial charge is 0.455 e. The van der Waals surface area contributed by atoms with Crippen LogP contribution in [0.2, 0.25) is 0 Å². The second-order valence-electron chi connectivity index (χ2n) is 13.5. The minimum absolute atomic E-state index is 0.185. The molecule has 0 saturated heterocycles. The van der Waals surface area contributed by atoms with Gasteiger partial charge in [-0.3, -0.25) is 4.98 Å². The van der Waals surface area contributed by atoms with Crippen molar-refractivity contribution >= 4 is 43.7 Å². The highest BCUT2D eigenvalue weighted by atomic mass is 16.3. The zero-order valence-corrected chi connectivity index (χ0v) is 27.6. The van der Waals surface area contributed by atoms with Crippen molar-refractivity contribution < 1.29 is 4.42 Å². The Hall–Kier alpha value is -6.71. The van der Waals surface area contributed by atoms with Crippen molar-refractivity contribution in [2.24, 2.45) is 0 Å². The van der Waals surface area contributed by atoms with E-state index in [2.05, 4.69) is 167 Å². The van der Waals surface area contributed by atoms with Crippen LogP contribution in [0.15, 0.2) is 180 Å². The van der Waals surface area contributed by atoms with Gasteiger partial charge in [-0.1, -0.05) is 109 Å². The number of para-hydroxylation sites is 1. The fourth-order valence-electron chi connectivity index (χ4n) is 8.47. The first kappa shape index (κ1) is 28.2. The third-order valence-corrected chi connectivity index (χ3v) is 10.7. The standard InChI is InChI=1S/C48H30N2O/c1-2-13-34(14-3-1)50-43-24-23-39-41-28-33(46-37-17-6-4-15-35(37)36-16-5-7-18-38(36)46)21-25-45(41)51-48(39)47(43)40-22-20-31(29-44(40)50)30-11-10-12-32(27-30)42-19-8-9-26-49-42/h1-29,46H. The predicted octanol–water partition coefficient (Wildman–Crippen LogP) is 12.6. The molecule has 0 aliphatic heterocycles. The molecule has 0 fully saturated rings. The molecule has 1 aliphatic carbocycles. The molecular weight excluding hydrogens is 621 g/mol. The highest BCUT2D eigenvalue weighted by Gasteiger charge is 2.30. The topological polar surface area (TPSA) is 31.0 Å². The summed E-state index contributed by atoms with van der Waals surface area (Å²) in [5.74, 6) is 0.185. The first-order valence-electron chi connectivity index (χ1n) is 17.5. The summed E-state index contributed by atoms with van der Waals surface area (Å²) in [7, 11) is 0.